The molecule has 1 amide bonds. The van der Waals surface area contributed by atoms with Crippen LogP contribution in [0.2, 0.25) is 0 Å². The summed E-state index contributed by atoms with van der Waals surface area (Å²) < 4.78 is 6.05. The van der Waals surface area contributed by atoms with Gasteiger partial charge in [0.2, 0.25) is 0 Å². The second-order valence-corrected chi connectivity index (χ2v) is 6.15. The molecule has 0 saturated heterocycles. The molecule has 0 spiro atoms. The van der Waals surface area contributed by atoms with E-state index in [2.05, 4.69) is 19.1 Å². The predicted molar refractivity (Wildman–Crippen MR) is 93.1 cm³/mol. The lowest BCUT2D eigenvalue weighted by Gasteiger charge is -2.24. The van der Waals surface area contributed by atoms with E-state index in [9.17, 15) is 4.79 Å². The van der Waals surface area contributed by atoms with Gasteiger partial charge in [0.05, 0.1) is 0 Å². The molecule has 2 aromatic rings. The van der Waals surface area contributed by atoms with Crippen LogP contribution in [-0.4, -0.2) is 18.6 Å². The van der Waals surface area contributed by atoms with Gasteiger partial charge in [0, 0.05) is 12.2 Å². The molecule has 3 rings (SSSR count). The summed E-state index contributed by atoms with van der Waals surface area (Å²) in [5, 5.41) is 0. The van der Waals surface area contributed by atoms with Crippen LogP contribution in [-0.2, 0) is 11.2 Å². The topological polar surface area (TPSA) is 29.5 Å². The summed E-state index contributed by atoms with van der Waals surface area (Å²) in [6, 6.07) is 14.2. The van der Waals surface area contributed by atoms with Gasteiger partial charge in [-0.1, -0.05) is 42.8 Å². The Bertz CT molecular complexity index is 723. The quantitative estimate of drug-likeness (QED) is 0.852. The Kier molecular flexibility index (Phi) is 4.37. The van der Waals surface area contributed by atoms with E-state index in [1.54, 1.807) is 0 Å². The van der Waals surface area contributed by atoms with Crippen molar-refractivity contribution in [3.63, 3.8) is 0 Å². The molecule has 23 heavy (non-hydrogen) atoms. The normalized spacial score (nSPS) is 14.5. The molecule has 1 atom stereocenters. The third kappa shape index (κ3) is 3.09. The van der Waals surface area contributed by atoms with Crippen molar-refractivity contribution in [3.05, 3.63) is 59.2 Å². The first-order valence-corrected chi connectivity index (χ1v) is 8.23. The van der Waals surface area contributed by atoms with Crippen LogP contribution in [0, 0.1) is 13.8 Å². The van der Waals surface area contributed by atoms with E-state index in [-0.39, 0.29) is 5.91 Å². The zero-order valence-corrected chi connectivity index (χ0v) is 14.0. The van der Waals surface area contributed by atoms with Crippen molar-refractivity contribution in [2.75, 3.05) is 11.4 Å². The Labute approximate surface area is 137 Å². The fourth-order valence-corrected chi connectivity index (χ4v) is 3.13. The zero-order chi connectivity index (χ0) is 16.4. The highest BCUT2D eigenvalue weighted by Gasteiger charge is 2.30. The molecule has 3 heteroatoms. The number of ether oxygens (including phenoxy) is 1. The summed E-state index contributed by atoms with van der Waals surface area (Å²) in [5.74, 6) is 0.848. The molecule has 120 valence electrons. The lowest BCUT2D eigenvalue weighted by atomic mass is 10.1. The van der Waals surface area contributed by atoms with Crippen LogP contribution in [0.25, 0.3) is 0 Å². The summed E-state index contributed by atoms with van der Waals surface area (Å²) in [6.45, 7) is 6.81. The summed E-state index contributed by atoms with van der Waals surface area (Å²) in [4.78, 5) is 14.8. The number of para-hydroxylation sites is 1. The molecular weight excluding hydrogens is 286 g/mol. The second-order valence-electron chi connectivity index (χ2n) is 6.15. The summed E-state index contributed by atoms with van der Waals surface area (Å²) in [6.07, 6.45) is 1.13. The van der Waals surface area contributed by atoms with Crippen LogP contribution in [0.15, 0.2) is 42.5 Å². The lowest BCUT2D eigenvalue weighted by Crippen LogP contribution is -2.41. The zero-order valence-electron chi connectivity index (χ0n) is 14.0. The number of hydrogen-bond donors (Lipinski definition) is 0. The number of carbonyl (C=O) groups is 1. The number of carbonyl (C=O) groups excluding carboxylic acids is 1. The van der Waals surface area contributed by atoms with Crippen LogP contribution >= 0.6 is 0 Å². The van der Waals surface area contributed by atoms with Crippen molar-refractivity contribution in [3.8, 4) is 5.75 Å². The van der Waals surface area contributed by atoms with E-state index in [0.717, 1.165) is 30.0 Å². The van der Waals surface area contributed by atoms with Crippen molar-refractivity contribution in [2.45, 2.75) is 39.7 Å². The number of rotatable bonds is 4. The van der Waals surface area contributed by atoms with Crippen LogP contribution in [0.4, 0.5) is 5.69 Å². The predicted octanol–water partition coefficient (Wildman–Crippen LogP) is 4.05. The van der Waals surface area contributed by atoms with Crippen LogP contribution in [0.3, 0.4) is 0 Å². The third-order valence-corrected chi connectivity index (χ3v) is 4.40. The molecule has 0 saturated carbocycles. The highest BCUT2D eigenvalue weighted by molar-refractivity contribution is 5.98. The van der Waals surface area contributed by atoms with E-state index >= 15 is 0 Å². The second kappa shape index (κ2) is 6.45. The average Bonchev–Trinajstić information content (AvgIpc) is 2.97. The largest absolute Gasteiger partial charge is 0.480 e. The van der Waals surface area contributed by atoms with Gasteiger partial charge >= 0.3 is 0 Å². The van der Waals surface area contributed by atoms with Crippen molar-refractivity contribution in [1.82, 2.24) is 0 Å². The Morgan fingerprint density at radius 1 is 1.22 bits per heavy atom. The summed E-state index contributed by atoms with van der Waals surface area (Å²) >= 11 is 0. The first-order valence-electron chi connectivity index (χ1n) is 8.23. The van der Waals surface area contributed by atoms with E-state index in [0.29, 0.717) is 6.42 Å². The van der Waals surface area contributed by atoms with E-state index in [4.69, 9.17) is 4.74 Å². The van der Waals surface area contributed by atoms with Gasteiger partial charge in [0.15, 0.2) is 6.10 Å². The number of amides is 1. The van der Waals surface area contributed by atoms with Gasteiger partial charge in [-0.05, 0) is 49.9 Å². The van der Waals surface area contributed by atoms with E-state index < -0.39 is 6.10 Å². The van der Waals surface area contributed by atoms with Gasteiger partial charge in [-0.2, -0.15) is 0 Å². The smallest absolute Gasteiger partial charge is 0.268 e. The monoisotopic (exact) mass is 309 g/mol. The highest BCUT2D eigenvalue weighted by Crippen LogP contribution is 2.29. The minimum atomic E-state index is -0.442. The first kappa shape index (κ1) is 15.6. The van der Waals surface area contributed by atoms with Crippen LogP contribution in [0.5, 0.6) is 5.75 Å². The number of aryl methyl sites for hydroxylation is 2. The Morgan fingerprint density at radius 2 is 2.00 bits per heavy atom. The number of benzene rings is 2. The fraction of sp³-hybridized carbons (Fsp3) is 0.350. The molecule has 1 heterocycles. The Morgan fingerprint density at radius 3 is 2.74 bits per heavy atom. The van der Waals surface area contributed by atoms with Gasteiger partial charge in [-0.3, -0.25) is 4.79 Å². The standard InChI is InChI=1S/C20H23NO2/c1-4-18(23-19-10-9-14(2)13-15(19)3)20(22)21-12-11-16-7-5-6-8-17(16)21/h5-10,13,18H,4,11-12H2,1-3H3/t18-/m0/s1. The molecule has 1 aliphatic rings. The number of nitrogens with zero attached hydrogens (tertiary/aromatic N) is 1. The highest BCUT2D eigenvalue weighted by atomic mass is 16.5. The first-order chi connectivity index (χ1) is 11.1. The van der Waals surface area contributed by atoms with Gasteiger partial charge in [0.1, 0.15) is 5.75 Å². The molecular formula is C20H23NO2. The maximum atomic E-state index is 12.9. The molecule has 0 fully saturated rings. The summed E-state index contributed by atoms with van der Waals surface area (Å²) in [7, 11) is 0. The van der Waals surface area contributed by atoms with Gasteiger partial charge in [-0.25, -0.2) is 0 Å². The molecule has 0 radical (unpaired) electrons. The minimum Gasteiger partial charge on any atom is -0.480 e. The third-order valence-electron chi connectivity index (χ3n) is 4.40. The molecule has 2 aromatic carbocycles. The van der Waals surface area contributed by atoms with Gasteiger partial charge < -0.3 is 9.64 Å². The number of hydrogen-bond acceptors (Lipinski definition) is 2. The maximum Gasteiger partial charge on any atom is 0.268 e. The van der Waals surface area contributed by atoms with Gasteiger partial charge in [0.25, 0.3) is 5.91 Å². The summed E-state index contributed by atoms with van der Waals surface area (Å²) in [5.41, 5.74) is 4.53. The average molecular weight is 309 g/mol. The van der Waals surface area contributed by atoms with Gasteiger partial charge in [-0.15, -0.1) is 0 Å². The Balaban J connectivity index is 1.80. The number of fused-ring (bicyclic) bond motifs is 1. The van der Waals surface area contributed by atoms with E-state index in [1.807, 2.05) is 49.1 Å². The molecule has 0 bridgehead atoms. The minimum absolute atomic E-state index is 0.0532. The van der Waals surface area contributed by atoms with Crippen LogP contribution < -0.4 is 9.64 Å². The van der Waals surface area contributed by atoms with Crippen molar-refractivity contribution >= 4 is 11.6 Å². The molecule has 3 nitrogen and oxygen atoms in total. The van der Waals surface area contributed by atoms with Crippen molar-refractivity contribution in [2.24, 2.45) is 0 Å². The van der Waals surface area contributed by atoms with Crippen LogP contribution in [0.1, 0.15) is 30.0 Å². The van der Waals surface area contributed by atoms with E-state index in [1.165, 1.54) is 11.1 Å². The maximum absolute atomic E-state index is 12.9. The molecule has 0 N–H and O–H groups in total. The number of anilines is 1. The molecule has 0 aliphatic carbocycles. The van der Waals surface area contributed by atoms with Crippen molar-refractivity contribution in [1.29, 1.82) is 0 Å². The lowest BCUT2D eigenvalue weighted by molar-refractivity contribution is -0.125. The fourth-order valence-electron chi connectivity index (χ4n) is 3.13. The molecule has 0 aromatic heterocycles. The Hall–Kier alpha value is -2.29. The van der Waals surface area contributed by atoms with Crippen molar-refractivity contribution < 1.29 is 9.53 Å². The molecule has 1 aliphatic heterocycles. The molecule has 0 unspecified atom stereocenters. The SMILES string of the molecule is CC[C@H](Oc1ccc(C)cc1C)C(=O)N1CCc2ccccc21.